The molecule has 1 heterocycles. The number of halogens is 1. The number of benzene rings is 3. The second-order valence-electron chi connectivity index (χ2n) is 7.56. The molecule has 0 aliphatic heterocycles. The van der Waals surface area contributed by atoms with Crippen LogP contribution in [0.15, 0.2) is 83.4 Å². The highest BCUT2D eigenvalue weighted by Gasteiger charge is 2.17. The Kier molecular flexibility index (Phi) is 6.63. The Morgan fingerprint density at radius 1 is 1.06 bits per heavy atom. The number of nitrogens with one attached hydrogen (secondary N) is 1. The Balaban J connectivity index is 1.42. The summed E-state index contributed by atoms with van der Waals surface area (Å²) >= 11 is 5.94. The maximum absolute atomic E-state index is 12.5. The van der Waals surface area contributed by atoms with Crippen molar-refractivity contribution in [3.8, 4) is 11.4 Å². The number of amides is 1. The summed E-state index contributed by atoms with van der Waals surface area (Å²) in [7, 11) is 1.99. The Labute approximate surface area is 191 Å². The van der Waals surface area contributed by atoms with E-state index in [4.69, 9.17) is 16.1 Å². The van der Waals surface area contributed by atoms with Gasteiger partial charge in [-0.15, -0.1) is 0 Å². The third kappa shape index (κ3) is 5.22. The van der Waals surface area contributed by atoms with Gasteiger partial charge in [-0.05, 0) is 68.1 Å². The van der Waals surface area contributed by atoms with Gasteiger partial charge in [-0.3, -0.25) is 9.69 Å². The van der Waals surface area contributed by atoms with Crippen molar-refractivity contribution in [1.29, 1.82) is 0 Å². The van der Waals surface area contributed by atoms with Crippen molar-refractivity contribution in [3.63, 3.8) is 0 Å². The van der Waals surface area contributed by atoms with Crippen molar-refractivity contribution in [3.05, 3.63) is 101 Å². The first-order valence-corrected chi connectivity index (χ1v) is 10.6. The Hall–Kier alpha value is -3.48. The van der Waals surface area contributed by atoms with E-state index < -0.39 is 0 Å². The van der Waals surface area contributed by atoms with Gasteiger partial charge in [-0.2, -0.15) is 4.98 Å². The molecule has 4 aromatic rings. The molecule has 6 nitrogen and oxygen atoms in total. The monoisotopic (exact) mass is 446 g/mol. The minimum absolute atomic E-state index is 0.0643. The van der Waals surface area contributed by atoms with Gasteiger partial charge in [-0.1, -0.05) is 47.1 Å². The molecule has 3 aromatic carbocycles. The lowest BCUT2D eigenvalue weighted by Crippen LogP contribution is -2.22. The topological polar surface area (TPSA) is 71.3 Å². The van der Waals surface area contributed by atoms with E-state index in [0.717, 1.165) is 16.8 Å². The number of rotatable bonds is 7. The third-order valence-electron chi connectivity index (χ3n) is 5.28. The van der Waals surface area contributed by atoms with Gasteiger partial charge in [0.15, 0.2) is 0 Å². The molecule has 1 aromatic heterocycles. The van der Waals surface area contributed by atoms with Crippen LogP contribution >= 0.6 is 11.6 Å². The number of carbonyl (C=O) groups is 1. The van der Waals surface area contributed by atoms with Crippen LogP contribution in [-0.4, -0.2) is 28.0 Å². The highest BCUT2D eigenvalue weighted by Crippen LogP contribution is 2.24. The quantitative estimate of drug-likeness (QED) is 0.386. The molecular weight excluding hydrogens is 424 g/mol. The van der Waals surface area contributed by atoms with E-state index in [1.54, 1.807) is 24.3 Å². The molecule has 0 saturated heterocycles. The van der Waals surface area contributed by atoms with Crippen LogP contribution < -0.4 is 5.32 Å². The molecular formula is C25H23ClN4O2. The van der Waals surface area contributed by atoms with Crippen LogP contribution in [0.4, 0.5) is 5.69 Å². The highest BCUT2D eigenvalue weighted by atomic mass is 35.5. The smallest absolute Gasteiger partial charge is 0.255 e. The van der Waals surface area contributed by atoms with Gasteiger partial charge in [0.25, 0.3) is 5.91 Å². The number of nitrogens with zero attached hydrogens (tertiary/aromatic N) is 3. The van der Waals surface area contributed by atoms with E-state index in [0.29, 0.717) is 28.8 Å². The van der Waals surface area contributed by atoms with Crippen LogP contribution in [0.2, 0.25) is 5.02 Å². The van der Waals surface area contributed by atoms with E-state index in [1.807, 2.05) is 61.6 Å². The van der Waals surface area contributed by atoms with Crippen LogP contribution in [0.3, 0.4) is 0 Å². The average molecular weight is 447 g/mol. The lowest BCUT2D eigenvalue weighted by Gasteiger charge is -2.24. The van der Waals surface area contributed by atoms with Gasteiger partial charge in [0.2, 0.25) is 11.7 Å². The Morgan fingerprint density at radius 2 is 1.81 bits per heavy atom. The van der Waals surface area contributed by atoms with Crippen molar-refractivity contribution in [1.82, 2.24) is 15.0 Å². The summed E-state index contributed by atoms with van der Waals surface area (Å²) in [5.41, 5.74) is 3.29. The van der Waals surface area contributed by atoms with Gasteiger partial charge >= 0.3 is 0 Å². The summed E-state index contributed by atoms with van der Waals surface area (Å²) in [4.78, 5) is 19.1. The standard InChI is InChI=1S/C25H23ClN4O2/c1-17(20-9-6-10-22(15-20)27-25(31)19-7-4-3-5-8-19)30(2)16-23-28-24(29-32-23)18-11-13-21(26)14-12-18/h3-15,17H,16H2,1-2H3,(H,27,31)/t17-/m1/s1. The summed E-state index contributed by atoms with van der Waals surface area (Å²) in [5.74, 6) is 0.922. The molecule has 0 saturated carbocycles. The van der Waals surface area contributed by atoms with E-state index in [-0.39, 0.29) is 11.9 Å². The number of aromatic nitrogens is 2. The lowest BCUT2D eigenvalue weighted by molar-refractivity contribution is 0.102. The molecule has 162 valence electrons. The molecule has 1 N–H and O–H groups in total. The van der Waals surface area contributed by atoms with Gasteiger partial charge in [0, 0.05) is 27.9 Å². The second-order valence-corrected chi connectivity index (χ2v) is 7.99. The average Bonchev–Trinajstić information content (AvgIpc) is 3.28. The van der Waals surface area contributed by atoms with E-state index >= 15 is 0 Å². The maximum Gasteiger partial charge on any atom is 0.255 e. The fraction of sp³-hybridized carbons (Fsp3) is 0.160. The normalized spacial score (nSPS) is 12.0. The van der Waals surface area contributed by atoms with Crippen molar-refractivity contribution in [2.24, 2.45) is 0 Å². The zero-order chi connectivity index (χ0) is 22.5. The molecule has 0 aliphatic carbocycles. The van der Waals surface area contributed by atoms with Gasteiger partial charge < -0.3 is 9.84 Å². The SMILES string of the molecule is C[C@H](c1cccc(NC(=O)c2ccccc2)c1)N(C)Cc1nc(-c2ccc(Cl)cc2)no1. The van der Waals surface area contributed by atoms with Crippen LogP contribution in [0.25, 0.3) is 11.4 Å². The van der Waals surface area contributed by atoms with Gasteiger partial charge in [0.1, 0.15) is 0 Å². The van der Waals surface area contributed by atoms with E-state index in [9.17, 15) is 4.79 Å². The number of anilines is 1. The highest BCUT2D eigenvalue weighted by molar-refractivity contribution is 6.30. The molecule has 4 rings (SSSR count). The van der Waals surface area contributed by atoms with E-state index in [1.165, 1.54) is 0 Å². The first kappa shape index (κ1) is 21.7. The van der Waals surface area contributed by atoms with Crippen molar-refractivity contribution in [2.75, 3.05) is 12.4 Å². The molecule has 0 unspecified atom stereocenters. The minimum Gasteiger partial charge on any atom is -0.338 e. The molecule has 0 spiro atoms. The zero-order valence-electron chi connectivity index (χ0n) is 17.8. The van der Waals surface area contributed by atoms with Crippen LogP contribution in [-0.2, 0) is 6.54 Å². The first-order chi connectivity index (χ1) is 15.5. The predicted octanol–water partition coefficient (Wildman–Crippen LogP) is 5.84. The number of hydrogen-bond donors (Lipinski definition) is 1. The van der Waals surface area contributed by atoms with Crippen molar-refractivity contribution < 1.29 is 9.32 Å². The summed E-state index contributed by atoms with van der Waals surface area (Å²) in [6.07, 6.45) is 0. The molecule has 32 heavy (non-hydrogen) atoms. The Morgan fingerprint density at radius 3 is 2.56 bits per heavy atom. The fourth-order valence-corrected chi connectivity index (χ4v) is 3.44. The van der Waals surface area contributed by atoms with Crippen LogP contribution in [0.5, 0.6) is 0 Å². The minimum atomic E-state index is -0.135. The van der Waals surface area contributed by atoms with Crippen LogP contribution in [0.1, 0.15) is 34.8 Å². The molecule has 0 fully saturated rings. The zero-order valence-corrected chi connectivity index (χ0v) is 18.6. The summed E-state index contributed by atoms with van der Waals surface area (Å²) < 4.78 is 5.44. The van der Waals surface area contributed by atoms with Gasteiger partial charge in [0.05, 0.1) is 6.54 Å². The molecule has 0 aliphatic rings. The maximum atomic E-state index is 12.5. The van der Waals surface area contributed by atoms with Crippen molar-refractivity contribution >= 4 is 23.2 Å². The largest absolute Gasteiger partial charge is 0.338 e. The van der Waals surface area contributed by atoms with Gasteiger partial charge in [-0.25, -0.2) is 0 Å². The molecule has 0 radical (unpaired) electrons. The number of carbonyl (C=O) groups excluding carboxylic acids is 1. The molecule has 1 amide bonds. The third-order valence-corrected chi connectivity index (χ3v) is 5.53. The van der Waals surface area contributed by atoms with Crippen molar-refractivity contribution in [2.45, 2.75) is 19.5 Å². The summed E-state index contributed by atoms with van der Waals surface area (Å²) in [6, 6.07) is 24.4. The Bertz CT molecular complexity index is 1190. The van der Waals surface area contributed by atoms with Crippen LogP contribution in [0, 0.1) is 0 Å². The summed E-state index contributed by atoms with van der Waals surface area (Å²) in [6.45, 7) is 2.58. The first-order valence-electron chi connectivity index (χ1n) is 10.2. The molecule has 0 bridgehead atoms. The van der Waals surface area contributed by atoms with E-state index in [2.05, 4.69) is 27.3 Å². The number of hydrogen-bond acceptors (Lipinski definition) is 5. The fourth-order valence-electron chi connectivity index (χ4n) is 3.31. The lowest BCUT2D eigenvalue weighted by atomic mass is 10.1. The predicted molar refractivity (Wildman–Crippen MR) is 125 cm³/mol. The molecule has 1 atom stereocenters. The second kappa shape index (κ2) is 9.77. The molecule has 7 heteroatoms. The summed E-state index contributed by atoms with van der Waals surface area (Å²) in [5, 5.41) is 7.69.